The van der Waals surface area contributed by atoms with Crippen LogP contribution in [0.4, 0.5) is 13.2 Å². The van der Waals surface area contributed by atoms with Gasteiger partial charge in [-0.2, -0.15) is 13.2 Å². The minimum atomic E-state index is -5.11. The molecule has 0 aliphatic heterocycles. The monoisotopic (exact) mass is 698 g/mol. The van der Waals surface area contributed by atoms with Crippen LogP contribution in [-0.2, 0) is 25.6 Å². The van der Waals surface area contributed by atoms with E-state index in [9.17, 15) is 42.3 Å². The normalized spacial score (nSPS) is 14.4. The molecule has 268 valence electrons. The fourth-order valence-electron chi connectivity index (χ4n) is 4.95. The molecule has 3 rings (SSSR count). The summed E-state index contributed by atoms with van der Waals surface area (Å²) in [5.74, 6) is -4.49. The molecule has 0 saturated heterocycles. The van der Waals surface area contributed by atoms with Gasteiger partial charge in [0.15, 0.2) is 6.10 Å². The third-order valence-corrected chi connectivity index (χ3v) is 7.79. The van der Waals surface area contributed by atoms with Gasteiger partial charge in [0, 0.05) is 30.8 Å². The minimum absolute atomic E-state index is 0.0324. The van der Waals surface area contributed by atoms with Crippen molar-refractivity contribution in [1.29, 1.82) is 0 Å². The van der Waals surface area contributed by atoms with Crippen molar-refractivity contribution in [2.45, 2.75) is 76.5 Å². The molecule has 50 heavy (non-hydrogen) atoms. The third-order valence-electron chi connectivity index (χ3n) is 7.79. The van der Waals surface area contributed by atoms with Crippen molar-refractivity contribution in [1.82, 2.24) is 26.3 Å². The number of alkyl halides is 3. The number of amides is 5. The van der Waals surface area contributed by atoms with E-state index < -0.39 is 84.7 Å². The first kappa shape index (κ1) is 39.1. The molecular formula is C35H41F3N6O6. The summed E-state index contributed by atoms with van der Waals surface area (Å²) in [6, 6.07) is 13.3. The highest BCUT2D eigenvalue weighted by molar-refractivity contribution is 5.99. The lowest BCUT2D eigenvalue weighted by Crippen LogP contribution is -2.59. The number of nitrogens with zero attached hydrogens (tertiary/aromatic N) is 1. The molecule has 12 nitrogen and oxygen atoms in total. The first-order valence-electron chi connectivity index (χ1n) is 15.9. The maximum atomic E-state index is 13.6. The van der Waals surface area contributed by atoms with E-state index >= 15 is 0 Å². The zero-order chi connectivity index (χ0) is 37.0. The van der Waals surface area contributed by atoms with E-state index in [-0.39, 0.29) is 6.42 Å². The van der Waals surface area contributed by atoms with Crippen molar-refractivity contribution in [3.8, 4) is 11.1 Å². The average molecular weight is 699 g/mol. The molecule has 0 aliphatic carbocycles. The number of halogens is 3. The lowest BCUT2D eigenvalue weighted by atomic mass is 10.00. The first-order chi connectivity index (χ1) is 23.6. The van der Waals surface area contributed by atoms with Crippen LogP contribution < -0.4 is 27.0 Å². The van der Waals surface area contributed by atoms with Crippen molar-refractivity contribution in [2.75, 3.05) is 0 Å². The molecule has 3 aromatic rings. The van der Waals surface area contributed by atoms with E-state index in [1.165, 1.54) is 6.92 Å². The van der Waals surface area contributed by atoms with Crippen molar-refractivity contribution in [2.24, 2.45) is 11.7 Å². The standard InChI is InChI=1S/C35H41F3N6O6/c1-20(2)29(44-32(48)24-13-11-23(12-14-24)25-10-7-17-40-19-25)34(50)43-27(18-22-8-5-4-6-9-22)33(49)41-21(3)31(47)42-26(15-16-28(39)45)30(46)35(36,37)38/h4-14,17,19-21,26-27,29-30,46H,15-16,18H2,1-3H3,(H2,39,45)(H,41,49)(H,42,47)(H,43,50)(H,44,48). The summed E-state index contributed by atoms with van der Waals surface area (Å²) in [4.78, 5) is 68.4. The summed E-state index contributed by atoms with van der Waals surface area (Å²) >= 11 is 0. The van der Waals surface area contributed by atoms with Crippen LogP contribution in [0.1, 0.15) is 49.5 Å². The van der Waals surface area contributed by atoms with Gasteiger partial charge in [0.05, 0.1) is 6.04 Å². The van der Waals surface area contributed by atoms with Crippen LogP contribution in [0.15, 0.2) is 79.1 Å². The fraction of sp³-hybridized carbons (Fsp3) is 0.371. The molecule has 0 radical (unpaired) electrons. The molecule has 5 atom stereocenters. The van der Waals surface area contributed by atoms with E-state index in [2.05, 4.69) is 20.9 Å². The third kappa shape index (κ3) is 11.7. The van der Waals surface area contributed by atoms with E-state index in [1.807, 2.05) is 11.4 Å². The smallest absolute Gasteiger partial charge is 0.382 e. The second-order valence-electron chi connectivity index (χ2n) is 12.1. The van der Waals surface area contributed by atoms with Gasteiger partial charge < -0.3 is 32.1 Å². The van der Waals surface area contributed by atoms with Crippen LogP contribution >= 0.6 is 0 Å². The van der Waals surface area contributed by atoms with Gasteiger partial charge in [0.2, 0.25) is 23.6 Å². The highest BCUT2D eigenvalue weighted by Crippen LogP contribution is 2.24. The van der Waals surface area contributed by atoms with Gasteiger partial charge in [0.25, 0.3) is 5.91 Å². The van der Waals surface area contributed by atoms with E-state index in [1.54, 1.807) is 86.9 Å². The van der Waals surface area contributed by atoms with Gasteiger partial charge in [-0.25, -0.2) is 0 Å². The number of aliphatic hydroxyl groups is 1. The summed E-state index contributed by atoms with van der Waals surface area (Å²) in [7, 11) is 0. The number of carbonyl (C=O) groups is 5. The van der Waals surface area contributed by atoms with Gasteiger partial charge in [0.1, 0.15) is 18.1 Å². The van der Waals surface area contributed by atoms with Crippen molar-refractivity contribution in [3.05, 3.63) is 90.3 Å². The largest absolute Gasteiger partial charge is 0.416 e. The Bertz CT molecular complexity index is 1610. The number of carbonyl (C=O) groups excluding carboxylic acids is 5. The van der Waals surface area contributed by atoms with Crippen molar-refractivity contribution < 1.29 is 42.3 Å². The molecule has 0 fully saturated rings. The maximum Gasteiger partial charge on any atom is 0.416 e. The van der Waals surface area contributed by atoms with Crippen LogP contribution in [-0.4, -0.2) is 76.1 Å². The van der Waals surface area contributed by atoms with Gasteiger partial charge in [-0.05, 0) is 54.2 Å². The van der Waals surface area contributed by atoms with Crippen LogP contribution in [0.25, 0.3) is 11.1 Å². The summed E-state index contributed by atoms with van der Waals surface area (Å²) < 4.78 is 39.7. The fourth-order valence-corrected chi connectivity index (χ4v) is 4.95. The predicted molar refractivity (Wildman–Crippen MR) is 178 cm³/mol. The zero-order valence-electron chi connectivity index (χ0n) is 27.7. The second-order valence-corrected chi connectivity index (χ2v) is 12.1. The Morgan fingerprint density at radius 1 is 0.800 bits per heavy atom. The van der Waals surface area contributed by atoms with E-state index in [0.29, 0.717) is 11.1 Å². The highest BCUT2D eigenvalue weighted by atomic mass is 19.4. The Hall–Kier alpha value is -5.31. The number of aromatic nitrogens is 1. The van der Waals surface area contributed by atoms with Crippen molar-refractivity contribution in [3.63, 3.8) is 0 Å². The zero-order valence-corrected chi connectivity index (χ0v) is 27.7. The molecule has 0 bridgehead atoms. The molecule has 1 heterocycles. The molecule has 15 heteroatoms. The Labute approximate surface area is 287 Å². The average Bonchev–Trinajstić information content (AvgIpc) is 3.08. The summed E-state index contributed by atoms with van der Waals surface area (Å²) in [5, 5.41) is 19.5. The number of aliphatic hydroxyl groups excluding tert-OH is 1. The van der Waals surface area contributed by atoms with Gasteiger partial charge in [-0.3, -0.25) is 29.0 Å². The number of rotatable bonds is 16. The molecular weight excluding hydrogens is 657 g/mol. The van der Waals surface area contributed by atoms with Gasteiger partial charge in [-0.1, -0.05) is 62.4 Å². The number of pyridine rings is 1. The number of primary amides is 1. The summed E-state index contributed by atoms with van der Waals surface area (Å²) in [5.41, 5.74) is 7.66. The molecule has 0 saturated carbocycles. The summed E-state index contributed by atoms with van der Waals surface area (Å²) in [6.07, 6.45) is -5.96. The molecule has 1 aromatic heterocycles. The number of nitrogens with two attached hydrogens (primary N) is 1. The predicted octanol–water partition coefficient (Wildman–Crippen LogP) is 2.41. The Morgan fingerprint density at radius 2 is 1.46 bits per heavy atom. The molecule has 5 amide bonds. The lowest BCUT2D eigenvalue weighted by Gasteiger charge is -2.28. The number of hydrogen-bond donors (Lipinski definition) is 6. The molecule has 7 N–H and O–H groups in total. The van der Waals surface area contributed by atoms with Crippen LogP contribution in [0, 0.1) is 5.92 Å². The molecule has 5 unspecified atom stereocenters. The van der Waals surface area contributed by atoms with Crippen LogP contribution in [0.2, 0.25) is 0 Å². The summed E-state index contributed by atoms with van der Waals surface area (Å²) in [6.45, 7) is 4.62. The van der Waals surface area contributed by atoms with Crippen molar-refractivity contribution >= 4 is 29.5 Å². The van der Waals surface area contributed by atoms with Crippen LogP contribution in [0.5, 0.6) is 0 Å². The second kappa shape index (κ2) is 17.9. The first-order valence-corrected chi connectivity index (χ1v) is 15.9. The topological polar surface area (TPSA) is 193 Å². The Morgan fingerprint density at radius 3 is 2.02 bits per heavy atom. The minimum Gasteiger partial charge on any atom is -0.382 e. The van der Waals surface area contributed by atoms with Gasteiger partial charge >= 0.3 is 6.18 Å². The number of nitrogens with one attached hydrogen (secondary N) is 4. The quantitative estimate of drug-likeness (QED) is 0.132. The molecule has 0 aliphatic rings. The Kier molecular flexibility index (Phi) is 14.0. The van der Waals surface area contributed by atoms with Gasteiger partial charge in [-0.15, -0.1) is 0 Å². The number of benzene rings is 2. The molecule has 0 spiro atoms. The van der Waals surface area contributed by atoms with Crippen LogP contribution in [0.3, 0.4) is 0 Å². The SMILES string of the molecule is CC(NC(=O)C(Cc1ccccc1)NC(=O)C(NC(=O)c1ccc(-c2cccnc2)cc1)C(C)C)C(=O)NC(CCC(N)=O)C(O)C(F)(F)F. The Balaban J connectivity index is 1.74. The number of hydrogen-bond acceptors (Lipinski definition) is 7. The highest BCUT2D eigenvalue weighted by Gasteiger charge is 2.44. The lowest BCUT2D eigenvalue weighted by molar-refractivity contribution is -0.212. The molecule has 2 aromatic carbocycles. The van der Waals surface area contributed by atoms with E-state index in [4.69, 9.17) is 5.73 Å². The maximum absolute atomic E-state index is 13.6. The van der Waals surface area contributed by atoms with E-state index in [0.717, 1.165) is 11.1 Å².